The molecule has 0 aromatic carbocycles. The highest BCUT2D eigenvalue weighted by molar-refractivity contribution is 5.74. The zero-order valence-corrected chi connectivity index (χ0v) is 12.2. The molecule has 0 unspecified atom stereocenters. The van der Waals surface area contributed by atoms with Gasteiger partial charge in [-0.2, -0.15) is 0 Å². The number of aliphatic carboxylic acids is 1. The fourth-order valence-corrected chi connectivity index (χ4v) is 2.37. The molecule has 1 aliphatic rings. The quantitative estimate of drug-likeness (QED) is 0.746. The van der Waals surface area contributed by atoms with Gasteiger partial charge < -0.3 is 15.3 Å². The lowest BCUT2D eigenvalue weighted by Gasteiger charge is -2.41. The fraction of sp³-hybridized carbons (Fsp3) is 0.857. The summed E-state index contributed by atoms with van der Waals surface area (Å²) in [5.74, 6) is -0.206. The third-order valence-corrected chi connectivity index (χ3v) is 3.94. The first-order chi connectivity index (χ1) is 8.84. The summed E-state index contributed by atoms with van der Waals surface area (Å²) in [6.07, 6.45) is 3.99. The zero-order chi connectivity index (χ0) is 14.5. The predicted molar refractivity (Wildman–Crippen MR) is 74.0 cm³/mol. The van der Waals surface area contributed by atoms with Crippen molar-refractivity contribution in [2.75, 3.05) is 20.1 Å². The summed E-state index contributed by atoms with van der Waals surface area (Å²) < 4.78 is 0. The Labute approximate surface area is 115 Å². The molecule has 110 valence electrons. The maximum absolute atomic E-state index is 11.9. The molecular formula is C14H26N2O3. The van der Waals surface area contributed by atoms with Crippen LogP contribution in [0.4, 0.5) is 4.79 Å². The van der Waals surface area contributed by atoms with Crippen LogP contribution in [0.2, 0.25) is 0 Å². The molecule has 0 saturated heterocycles. The van der Waals surface area contributed by atoms with Crippen molar-refractivity contribution in [1.82, 2.24) is 10.2 Å². The van der Waals surface area contributed by atoms with Gasteiger partial charge in [0.1, 0.15) is 0 Å². The summed E-state index contributed by atoms with van der Waals surface area (Å²) in [5.41, 5.74) is -0.208. The minimum atomic E-state index is -0.776. The number of amides is 2. The van der Waals surface area contributed by atoms with E-state index in [0.717, 1.165) is 32.2 Å². The molecule has 19 heavy (non-hydrogen) atoms. The van der Waals surface area contributed by atoms with E-state index < -0.39 is 5.97 Å². The van der Waals surface area contributed by atoms with Gasteiger partial charge in [0.25, 0.3) is 0 Å². The van der Waals surface area contributed by atoms with Crippen LogP contribution in [0.5, 0.6) is 0 Å². The van der Waals surface area contributed by atoms with Crippen molar-refractivity contribution in [3.05, 3.63) is 0 Å². The molecule has 0 radical (unpaired) electrons. The normalized spacial score (nSPS) is 16.8. The molecule has 2 N–H and O–H groups in total. The van der Waals surface area contributed by atoms with Crippen molar-refractivity contribution in [2.24, 2.45) is 11.3 Å². The SMILES string of the molecule is CC(C)CCN(C)C(=O)NCC1(CC(=O)O)CCC1. The topological polar surface area (TPSA) is 69.6 Å². The summed E-state index contributed by atoms with van der Waals surface area (Å²) in [7, 11) is 1.78. The first-order valence-electron chi connectivity index (χ1n) is 7.05. The van der Waals surface area contributed by atoms with Gasteiger partial charge in [0.2, 0.25) is 0 Å². The van der Waals surface area contributed by atoms with E-state index in [1.807, 2.05) is 0 Å². The smallest absolute Gasteiger partial charge is 0.317 e. The van der Waals surface area contributed by atoms with Crippen LogP contribution in [-0.4, -0.2) is 42.1 Å². The molecule has 2 amide bonds. The molecular weight excluding hydrogens is 244 g/mol. The molecule has 5 heteroatoms. The Kier molecular flexibility index (Phi) is 5.63. The van der Waals surface area contributed by atoms with E-state index in [1.165, 1.54) is 0 Å². The molecule has 0 bridgehead atoms. The average molecular weight is 270 g/mol. The van der Waals surface area contributed by atoms with Crippen LogP contribution >= 0.6 is 0 Å². The fourth-order valence-electron chi connectivity index (χ4n) is 2.37. The monoisotopic (exact) mass is 270 g/mol. The Morgan fingerprint density at radius 3 is 2.42 bits per heavy atom. The van der Waals surface area contributed by atoms with Crippen LogP contribution < -0.4 is 5.32 Å². The Morgan fingerprint density at radius 2 is 2.00 bits per heavy atom. The Balaban J connectivity index is 2.34. The van der Waals surface area contributed by atoms with E-state index in [-0.39, 0.29) is 17.9 Å². The summed E-state index contributed by atoms with van der Waals surface area (Å²) in [4.78, 5) is 24.4. The van der Waals surface area contributed by atoms with E-state index in [9.17, 15) is 9.59 Å². The molecule has 0 aromatic rings. The van der Waals surface area contributed by atoms with E-state index >= 15 is 0 Å². The maximum Gasteiger partial charge on any atom is 0.317 e. The second-order valence-corrected chi connectivity index (χ2v) is 6.19. The van der Waals surface area contributed by atoms with Gasteiger partial charge in [-0.05, 0) is 30.6 Å². The number of urea groups is 1. The van der Waals surface area contributed by atoms with Crippen LogP contribution in [0.25, 0.3) is 0 Å². The summed E-state index contributed by atoms with van der Waals surface area (Å²) >= 11 is 0. The van der Waals surface area contributed by atoms with Crippen molar-refractivity contribution in [3.63, 3.8) is 0 Å². The highest BCUT2D eigenvalue weighted by Gasteiger charge is 2.39. The predicted octanol–water partition coefficient (Wildman–Crippen LogP) is 2.32. The number of carbonyl (C=O) groups is 2. The molecule has 0 aliphatic heterocycles. The van der Waals surface area contributed by atoms with Crippen molar-refractivity contribution in [2.45, 2.75) is 46.0 Å². The van der Waals surface area contributed by atoms with Crippen LogP contribution in [0.1, 0.15) is 46.0 Å². The number of carbonyl (C=O) groups excluding carboxylic acids is 1. The summed E-state index contributed by atoms with van der Waals surface area (Å²) in [6, 6.07) is -0.0997. The highest BCUT2D eigenvalue weighted by Crippen LogP contribution is 2.43. The minimum Gasteiger partial charge on any atom is -0.481 e. The van der Waals surface area contributed by atoms with Crippen molar-refractivity contribution in [3.8, 4) is 0 Å². The van der Waals surface area contributed by atoms with Gasteiger partial charge in [-0.25, -0.2) is 4.79 Å². The molecule has 1 fully saturated rings. The number of rotatable bonds is 7. The third kappa shape index (κ3) is 5.09. The number of carboxylic acid groups (broad SMARTS) is 1. The average Bonchev–Trinajstić information content (AvgIpc) is 2.28. The van der Waals surface area contributed by atoms with Gasteiger partial charge in [0, 0.05) is 20.1 Å². The standard InChI is InChI=1S/C14H26N2O3/c1-11(2)5-8-16(3)13(19)15-10-14(6-4-7-14)9-12(17)18/h11H,4-10H2,1-3H3,(H,15,19)(H,17,18). The first-order valence-corrected chi connectivity index (χ1v) is 7.05. The minimum absolute atomic E-state index is 0.0997. The number of nitrogens with zero attached hydrogens (tertiary/aromatic N) is 1. The largest absolute Gasteiger partial charge is 0.481 e. The Hall–Kier alpha value is -1.26. The van der Waals surface area contributed by atoms with Crippen LogP contribution in [0.15, 0.2) is 0 Å². The molecule has 1 saturated carbocycles. The van der Waals surface area contributed by atoms with Gasteiger partial charge in [-0.1, -0.05) is 20.3 Å². The van der Waals surface area contributed by atoms with E-state index in [4.69, 9.17) is 5.11 Å². The third-order valence-electron chi connectivity index (χ3n) is 3.94. The van der Waals surface area contributed by atoms with E-state index in [0.29, 0.717) is 12.5 Å². The van der Waals surface area contributed by atoms with Crippen LogP contribution in [0.3, 0.4) is 0 Å². The first kappa shape index (κ1) is 15.8. The van der Waals surface area contributed by atoms with Gasteiger partial charge in [-0.3, -0.25) is 4.79 Å². The van der Waals surface area contributed by atoms with E-state index in [1.54, 1.807) is 11.9 Å². The van der Waals surface area contributed by atoms with E-state index in [2.05, 4.69) is 19.2 Å². The number of carboxylic acids is 1. The zero-order valence-electron chi connectivity index (χ0n) is 12.2. The van der Waals surface area contributed by atoms with Gasteiger partial charge in [0.05, 0.1) is 6.42 Å². The van der Waals surface area contributed by atoms with Crippen molar-refractivity contribution in [1.29, 1.82) is 0 Å². The van der Waals surface area contributed by atoms with Gasteiger partial charge in [-0.15, -0.1) is 0 Å². The van der Waals surface area contributed by atoms with Gasteiger partial charge in [0.15, 0.2) is 0 Å². The molecule has 5 nitrogen and oxygen atoms in total. The molecule has 0 aromatic heterocycles. The molecule has 1 aliphatic carbocycles. The molecule has 0 heterocycles. The van der Waals surface area contributed by atoms with Crippen LogP contribution in [0, 0.1) is 11.3 Å². The van der Waals surface area contributed by atoms with Crippen molar-refractivity contribution >= 4 is 12.0 Å². The Bertz CT molecular complexity index is 325. The lowest BCUT2D eigenvalue weighted by molar-refractivity contribution is -0.141. The molecule has 0 atom stereocenters. The summed E-state index contributed by atoms with van der Waals surface area (Å²) in [6.45, 7) is 5.46. The second-order valence-electron chi connectivity index (χ2n) is 6.19. The molecule has 1 rings (SSSR count). The molecule has 0 spiro atoms. The van der Waals surface area contributed by atoms with Crippen molar-refractivity contribution < 1.29 is 14.7 Å². The maximum atomic E-state index is 11.9. The Morgan fingerprint density at radius 1 is 1.37 bits per heavy atom. The highest BCUT2D eigenvalue weighted by atomic mass is 16.4. The number of hydrogen-bond acceptors (Lipinski definition) is 2. The number of nitrogens with one attached hydrogen (secondary N) is 1. The number of hydrogen-bond donors (Lipinski definition) is 2. The lowest BCUT2D eigenvalue weighted by Crippen LogP contribution is -2.47. The summed E-state index contributed by atoms with van der Waals surface area (Å²) in [5, 5.41) is 11.8. The second kappa shape index (κ2) is 6.78. The van der Waals surface area contributed by atoms with Gasteiger partial charge >= 0.3 is 12.0 Å². The van der Waals surface area contributed by atoms with Crippen LogP contribution in [-0.2, 0) is 4.79 Å². The lowest BCUT2D eigenvalue weighted by atomic mass is 9.66.